The van der Waals surface area contributed by atoms with Gasteiger partial charge in [0.25, 0.3) is 5.56 Å². The van der Waals surface area contributed by atoms with Gasteiger partial charge in [-0.3, -0.25) is 9.59 Å². The molecule has 0 atom stereocenters. The van der Waals surface area contributed by atoms with Crippen LogP contribution in [0.3, 0.4) is 0 Å². The Morgan fingerprint density at radius 1 is 1.11 bits per heavy atom. The smallest absolute Gasteiger partial charge is 0.283 e. The first kappa shape index (κ1) is 25.5. The Balaban J connectivity index is 1.48. The standard InChI is InChI=1S/C29H28FN3O2S2/c1-29(2,3)20-12-10-19(11-13-20)23(34)17-36-28-32-26-25(22-6-4-5-7-24(22)37-26)27(35)33(28)31-16-18-8-14-21(30)15-9-18/h8-16H,4-7,17H2,1-3H3. The predicted molar refractivity (Wildman–Crippen MR) is 150 cm³/mol. The van der Waals surface area contributed by atoms with Gasteiger partial charge in [-0.1, -0.05) is 68.9 Å². The number of carbonyl (C=O) groups is 1. The molecule has 0 N–H and O–H groups in total. The molecular weight excluding hydrogens is 505 g/mol. The number of aromatic nitrogens is 2. The third kappa shape index (κ3) is 5.45. The van der Waals surface area contributed by atoms with E-state index in [2.05, 4.69) is 25.9 Å². The molecule has 2 aromatic heterocycles. The molecule has 4 aromatic rings. The van der Waals surface area contributed by atoms with Crippen molar-refractivity contribution in [3.63, 3.8) is 0 Å². The van der Waals surface area contributed by atoms with E-state index in [0.717, 1.165) is 36.8 Å². The Hall–Kier alpha value is -3.10. The molecule has 0 unspecified atom stereocenters. The fourth-order valence-electron chi connectivity index (χ4n) is 4.42. The van der Waals surface area contributed by atoms with Crippen LogP contribution in [-0.2, 0) is 18.3 Å². The van der Waals surface area contributed by atoms with Gasteiger partial charge in [-0.15, -0.1) is 11.3 Å². The van der Waals surface area contributed by atoms with Gasteiger partial charge in [0.15, 0.2) is 10.9 Å². The van der Waals surface area contributed by atoms with Gasteiger partial charge in [0.05, 0.1) is 17.4 Å². The van der Waals surface area contributed by atoms with Gasteiger partial charge in [0.2, 0.25) is 0 Å². The van der Waals surface area contributed by atoms with Gasteiger partial charge in [-0.25, -0.2) is 9.37 Å². The minimum Gasteiger partial charge on any atom is -0.293 e. The van der Waals surface area contributed by atoms with Gasteiger partial charge in [0.1, 0.15) is 10.6 Å². The highest BCUT2D eigenvalue weighted by Gasteiger charge is 2.23. The van der Waals surface area contributed by atoms with Crippen molar-refractivity contribution < 1.29 is 9.18 Å². The van der Waals surface area contributed by atoms with Gasteiger partial charge in [-0.2, -0.15) is 9.78 Å². The zero-order chi connectivity index (χ0) is 26.2. The van der Waals surface area contributed by atoms with E-state index in [1.807, 2.05) is 24.3 Å². The maximum Gasteiger partial charge on any atom is 0.283 e. The Kier molecular flexibility index (Phi) is 7.14. The maximum absolute atomic E-state index is 13.7. The minimum absolute atomic E-state index is 0.00806. The summed E-state index contributed by atoms with van der Waals surface area (Å²) in [6.45, 7) is 6.40. The Morgan fingerprint density at radius 3 is 2.51 bits per heavy atom. The van der Waals surface area contributed by atoms with Crippen molar-refractivity contribution in [3.05, 3.63) is 91.8 Å². The molecule has 8 heteroatoms. The van der Waals surface area contributed by atoms with Crippen LogP contribution in [0.5, 0.6) is 0 Å². The first-order valence-electron chi connectivity index (χ1n) is 12.3. The molecule has 1 aliphatic carbocycles. The summed E-state index contributed by atoms with van der Waals surface area (Å²) in [7, 11) is 0. The monoisotopic (exact) mass is 533 g/mol. The lowest BCUT2D eigenvalue weighted by Crippen LogP contribution is -2.21. The van der Waals surface area contributed by atoms with Crippen LogP contribution in [0.1, 0.15) is 65.5 Å². The molecule has 0 saturated heterocycles. The largest absolute Gasteiger partial charge is 0.293 e. The number of ketones is 1. The van der Waals surface area contributed by atoms with Crippen molar-refractivity contribution in [2.24, 2.45) is 5.10 Å². The Morgan fingerprint density at radius 2 is 1.81 bits per heavy atom. The van der Waals surface area contributed by atoms with Crippen molar-refractivity contribution in [3.8, 4) is 0 Å². The third-order valence-corrected chi connectivity index (χ3v) is 8.65. The number of carbonyl (C=O) groups excluding carboxylic acids is 1. The van der Waals surface area contributed by atoms with Crippen molar-refractivity contribution in [1.29, 1.82) is 0 Å². The summed E-state index contributed by atoms with van der Waals surface area (Å²) < 4.78 is 14.6. The van der Waals surface area contributed by atoms with Gasteiger partial charge in [0, 0.05) is 10.4 Å². The average molecular weight is 534 g/mol. The molecule has 0 fully saturated rings. The molecule has 0 aliphatic heterocycles. The van der Waals surface area contributed by atoms with Crippen molar-refractivity contribution in [2.75, 3.05) is 5.75 Å². The van der Waals surface area contributed by atoms with Gasteiger partial charge < -0.3 is 0 Å². The Bertz CT molecular complexity index is 1550. The van der Waals surface area contributed by atoms with E-state index in [0.29, 0.717) is 26.5 Å². The molecule has 0 spiro atoms. The second-order valence-electron chi connectivity index (χ2n) is 10.2. The molecule has 2 heterocycles. The zero-order valence-corrected chi connectivity index (χ0v) is 22.7. The summed E-state index contributed by atoms with van der Waals surface area (Å²) in [5.41, 5.74) is 3.31. The summed E-state index contributed by atoms with van der Waals surface area (Å²) in [5.74, 6) is -0.254. The van der Waals surface area contributed by atoms with E-state index < -0.39 is 0 Å². The van der Waals surface area contributed by atoms with Crippen LogP contribution < -0.4 is 5.56 Å². The maximum atomic E-state index is 13.7. The first-order chi connectivity index (χ1) is 17.7. The van der Waals surface area contributed by atoms with Crippen LogP contribution >= 0.6 is 23.1 Å². The van der Waals surface area contributed by atoms with Gasteiger partial charge in [-0.05, 0) is 59.9 Å². The quantitative estimate of drug-likeness (QED) is 0.121. The van der Waals surface area contributed by atoms with Crippen LogP contribution in [0.4, 0.5) is 4.39 Å². The molecule has 0 amide bonds. The van der Waals surface area contributed by atoms with E-state index >= 15 is 0 Å². The second-order valence-corrected chi connectivity index (χ2v) is 12.3. The van der Waals surface area contributed by atoms with Crippen molar-refractivity contribution in [2.45, 2.75) is 57.0 Å². The number of hydrogen-bond donors (Lipinski definition) is 0. The van der Waals surface area contributed by atoms with Crippen LogP contribution in [0, 0.1) is 5.82 Å². The number of thioether (sulfide) groups is 1. The fourth-order valence-corrected chi connectivity index (χ4v) is 6.56. The summed E-state index contributed by atoms with van der Waals surface area (Å²) in [4.78, 5) is 33.4. The van der Waals surface area contributed by atoms with Gasteiger partial charge >= 0.3 is 0 Å². The number of fused-ring (bicyclic) bond motifs is 3. The highest BCUT2D eigenvalue weighted by Crippen LogP contribution is 2.35. The number of nitrogens with zero attached hydrogens (tertiary/aromatic N) is 3. The number of hydrogen-bond acceptors (Lipinski definition) is 6. The lowest BCUT2D eigenvalue weighted by Gasteiger charge is -2.18. The summed E-state index contributed by atoms with van der Waals surface area (Å²) in [5, 5.41) is 5.44. The predicted octanol–water partition coefficient (Wildman–Crippen LogP) is 6.63. The van der Waals surface area contributed by atoms with Crippen LogP contribution in [0.25, 0.3) is 10.2 Å². The summed E-state index contributed by atoms with van der Waals surface area (Å²) in [6, 6.07) is 13.6. The number of Topliss-reactive ketones (excluding diaryl/α,β-unsaturated/α-hetero) is 1. The molecule has 0 saturated carbocycles. The van der Waals surface area contributed by atoms with Crippen LogP contribution in [0.15, 0.2) is 63.6 Å². The zero-order valence-electron chi connectivity index (χ0n) is 21.1. The molecule has 2 aromatic carbocycles. The topological polar surface area (TPSA) is 64.3 Å². The van der Waals surface area contributed by atoms with E-state index in [1.54, 1.807) is 23.5 Å². The summed E-state index contributed by atoms with van der Waals surface area (Å²) in [6.07, 6.45) is 5.50. The Labute approximate surface area is 223 Å². The van der Waals surface area contributed by atoms with Crippen LogP contribution in [-0.4, -0.2) is 27.4 Å². The number of aryl methyl sites for hydroxylation is 2. The van der Waals surface area contributed by atoms with Crippen molar-refractivity contribution in [1.82, 2.24) is 9.66 Å². The normalized spacial score (nSPS) is 13.8. The number of benzene rings is 2. The molecule has 5 nitrogen and oxygen atoms in total. The molecule has 190 valence electrons. The highest BCUT2D eigenvalue weighted by atomic mass is 32.2. The van der Waals surface area contributed by atoms with E-state index in [4.69, 9.17) is 4.98 Å². The second kappa shape index (κ2) is 10.3. The number of halogens is 1. The summed E-state index contributed by atoms with van der Waals surface area (Å²) >= 11 is 2.78. The van der Waals surface area contributed by atoms with E-state index in [9.17, 15) is 14.0 Å². The molecular formula is C29H28FN3O2S2. The fraction of sp³-hybridized carbons (Fsp3) is 0.310. The molecule has 37 heavy (non-hydrogen) atoms. The van der Waals surface area contributed by atoms with E-state index in [1.165, 1.54) is 39.7 Å². The van der Waals surface area contributed by atoms with Crippen molar-refractivity contribution >= 4 is 45.3 Å². The number of rotatable bonds is 6. The highest BCUT2D eigenvalue weighted by molar-refractivity contribution is 7.99. The molecule has 0 bridgehead atoms. The average Bonchev–Trinajstić information content (AvgIpc) is 3.26. The molecule has 5 rings (SSSR count). The first-order valence-corrected chi connectivity index (χ1v) is 14.1. The third-order valence-electron chi connectivity index (χ3n) is 6.53. The molecule has 1 aliphatic rings. The lowest BCUT2D eigenvalue weighted by molar-refractivity contribution is 0.102. The lowest BCUT2D eigenvalue weighted by atomic mass is 9.86. The minimum atomic E-state index is -0.340. The number of thiophene rings is 1. The van der Waals surface area contributed by atoms with E-state index in [-0.39, 0.29) is 28.3 Å². The van der Waals surface area contributed by atoms with Crippen LogP contribution in [0.2, 0.25) is 0 Å². The molecule has 0 radical (unpaired) electrons. The SMILES string of the molecule is CC(C)(C)c1ccc(C(=O)CSc2nc3sc4c(c3c(=O)n2N=Cc2ccc(F)cc2)CCCC4)cc1.